The summed E-state index contributed by atoms with van der Waals surface area (Å²) in [5.74, 6) is 1.41. The molecule has 6 rings (SSSR count). The van der Waals surface area contributed by atoms with E-state index >= 15 is 0 Å². The number of fused-ring (bicyclic) bond motifs is 1. The fraction of sp³-hybridized carbons (Fsp3) is 0.692. The highest BCUT2D eigenvalue weighted by Crippen LogP contribution is 2.76. The maximum Gasteiger partial charge on any atom is 0.246 e. The summed E-state index contributed by atoms with van der Waals surface area (Å²) in [4.78, 5) is 27.8. The van der Waals surface area contributed by atoms with Gasteiger partial charge in [0.1, 0.15) is 6.61 Å². The molecule has 2 saturated heterocycles. The van der Waals surface area contributed by atoms with E-state index in [1.54, 1.807) is 0 Å². The number of nitrogens with zero attached hydrogens (tertiary/aromatic N) is 1. The SMILES string of the molecule is C[C@@H]1C[C@@]2(COCC(=O)N2)[C@H](COC2CCC(c3ccccc3)CC2)N1C(=O)C12CC1C2. The molecule has 1 aromatic rings. The zero-order valence-electron chi connectivity index (χ0n) is 18.9. The number of ether oxygens (including phenoxy) is 2. The molecular weight excluding hydrogens is 404 g/mol. The molecule has 6 heteroatoms. The number of carbonyl (C=O) groups is 2. The van der Waals surface area contributed by atoms with E-state index in [4.69, 9.17) is 9.47 Å². The number of hydrogen-bond acceptors (Lipinski definition) is 4. The van der Waals surface area contributed by atoms with E-state index in [1.807, 2.05) is 0 Å². The van der Waals surface area contributed by atoms with Crippen molar-refractivity contribution in [3.8, 4) is 0 Å². The van der Waals surface area contributed by atoms with E-state index in [2.05, 4.69) is 47.5 Å². The van der Waals surface area contributed by atoms with Crippen LogP contribution in [-0.2, 0) is 19.1 Å². The number of benzene rings is 1. The average Bonchev–Trinajstić information content (AvgIpc) is 3.66. The normalized spacial score (nSPS) is 42.5. The summed E-state index contributed by atoms with van der Waals surface area (Å²) in [7, 11) is 0. The van der Waals surface area contributed by atoms with Gasteiger partial charge in [0, 0.05) is 6.04 Å². The lowest BCUT2D eigenvalue weighted by Gasteiger charge is -2.42. The number of carbonyl (C=O) groups excluding carboxylic acids is 2. The number of hydrogen-bond donors (Lipinski definition) is 1. The van der Waals surface area contributed by atoms with Gasteiger partial charge < -0.3 is 19.7 Å². The summed E-state index contributed by atoms with van der Waals surface area (Å²) in [6.07, 6.45) is 7.38. The molecule has 0 unspecified atom stereocenters. The predicted octanol–water partition coefficient (Wildman–Crippen LogP) is 3.01. The van der Waals surface area contributed by atoms with Crippen molar-refractivity contribution in [2.75, 3.05) is 19.8 Å². The van der Waals surface area contributed by atoms with E-state index in [9.17, 15) is 9.59 Å². The number of rotatable bonds is 5. The van der Waals surface area contributed by atoms with Gasteiger partial charge in [-0.3, -0.25) is 9.59 Å². The quantitative estimate of drug-likeness (QED) is 0.767. The van der Waals surface area contributed by atoms with Crippen LogP contribution in [0.2, 0.25) is 0 Å². The van der Waals surface area contributed by atoms with Gasteiger partial charge in [0.25, 0.3) is 0 Å². The lowest BCUT2D eigenvalue weighted by molar-refractivity contribution is -0.146. The van der Waals surface area contributed by atoms with Crippen molar-refractivity contribution in [2.24, 2.45) is 11.3 Å². The predicted molar refractivity (Wildman–Crippen MR) is 119 cm³/mol. The second-order valence-corrected chi connectivity index (χ2v) is 11.0. The molecule has 2 amide bonds. The summed E-state index contributed by atoms with van der Waals surface area (Å²) < 4.78 is 12.2. The molecule has 1 N–H and O–H groups in total. The summed E-state index contributed by atoms with van der Waals surface area (Å²) in [5, 5.41) is 3.22. The highest BCUT2D eigenvalue weighted by molar-refractivity contribution is 5.91. The van der Waals surface area contributed by atoms with Crippen LogP contribution >= 0.6 is 0 Å². The van der Waals surface area contributed by atoms with Gasteiger partial charge in [-0.15, -0.1) is 0 Å². The zero-order valence-corrected chi connectivity index (χ0v) is 18.9. The first-order valence-corrected chi connectivity index (χ1v) is 12.4. The minimum absolute atomic E-state index is 0.0781. The molecular formula is C26H34N2O4. The molecule has 3 saturated carbocycles. The third-order valence-corrected chi connectivity index (χ3v) is 8.87. The third kappa shape index (κ3) is 3.38. The number of amides is 2. The summed E-state index contributed by atoms with van der Waals surface area (Å²) in [6.45, 7) is 3.15. The molecule has 3 aliphatic carbocycles. The van der Waals surface area contributed by atoms with Crippen LogP contribution in [0.5, 0.6) is 0 Å². The van der Waals surface area contributed by atoms with E-state index in [1.165, 1.54) is 5.56 Å². The first-order chi connectivity index (χ1) is 15.5. The fourth-order valence-electron chi connectivity index (χ4n) is 6.70. The van der Waals surface area contributed by atoms with Crippen LogP contribution in [0.1, 0.15) is 63.4 Å². The van der Waals surface area contributed by atoms with Crippen LogP contribution in [0.3, 0.4) is 0 Å². The average molecular weight is 439 g/mol. The van der Waals surface area contributed by atoms with Crippen LogP contribution in [0.25, 0.3) is 0 Å². The zero-order chi connectivity index (χ0) is 21.9. The Labute approximate surface area is 190 Å². The Hall–Kier alpha value is -1.92. The van der Waals surface area contributed by atoms with Gasteiger partial charge in [0.15, 0.2) is 0 Å². The van der Waals surface area contributed by atoms with E-state index < -0.39 is 5.54 Å². The smallest absolute Gasteiger partial charge is 0.246 e. The molecule has 32 heavy (non-hydrogen) atoms. The second-order valence-electron chi connectivity index (χ2n) is 11.0. The molecule has 0 aromatic heterocycles. The Morgan fingerprint density at radius 3 is 2.53 bits per heavy atom. The van der Waals surface area contributed by atoms with Gasteiger partial charge in [-0.25, -0.2) is 0 Å². The van der Waals surface area contributed by atoms with Crippen molar-refractivity contribution in [3.05, 3.63) is 35.9 Å². The summed E-state index contributed by atoms with van der Waals surface area (Å²) in [6, 6.07) is 10.7. The van der Waals surface area contributed by atoms with E-state index in [0.717, 1.165) is 44.9 Å². The van der Waals surface area contributed by atoms with Gasteiger partial charge in [-0.1, -0.05) is 30.3 Å². The van der Waals surface area contributed by atoms with Crippen molar-refractivity contribution in [1.82, 2.24) is 10.2 Å². The van der Waals surface area contributed by atoms with Gasteiger partial charge >= 0.3 is 0 Å². The van der Waals surface area contributed by atoms with Crippen molar-refractivity contribution in [2.45, 2.75) is 81.5 Å². The maximum atomic E-state index is 13.5. The van der Waals surface area contributed by atoms with Gasteiger partial charge in [-0.2, -0.15) is 0 Å². The standard InChI is InChI=1S/C26H34N2O4/c1-17-11-26(16-31-15-23(29)27-26)22(28(17)24(30)25-12-20(25)13-25)14-32-21-9-7-19(8-10-21)18-5-3-2-4-6-18/h2-6,17,19-22H,7-16H2,1H3,(H,27,29)/t17-,19?,20?,21?,22+,25?,26-/m1/s1. The van der Waals surface area contributed by atoms with Gasteiger partial charge in [0.2, 0.25) is 11.8 Å². The molecule has 5 aliphatic rings. The van der Waals surface area contributed by atoms with E-state index in [0.29, 0.717) is 25.0 Å². The van der Waals surface area contributed by atoms with Crippen LogP contribution in [0.4, 0.5) is 0 Å². The highest BCUT2D eigenvalue weighted by atomic mass is 16.5. The molecule has 0 bridgehead atoms. The van der Waals surface area contributed by atoms with Crippen molar-refractivity contribution < 1.29 is 19.1 Å². The van der Waals surface area contributed by atoms with Crippen LogP contribution in [0.15, 0.2) is 30.3 Å². The molecule has 2 aliphatic heterocycles. The summed E-state index contributed by atoms with van der Waals surface area (Å²) >= 11 is 0. The number of nitrogens with one attached hydrogen (secondary N) is 1. The second kappa shape index (κ2) is 7.56. The minimum atomic E-state index is -0.526. The van der Waals surface area contributed by atoms with Crippen LogP contribution in [-0.4, -0.2) is 60.3 Å². The molecule has 3 atom stereocenters. The lowest BCUT2D eigenvalue weighted by atomic mass is 9.82. The Morgan fingerprint density at radius 1 is 1.16 bits per heavy atom. The molecule has 2 heterocycles. The van der Waals surface area contributed by atoms with Crippen molar-refractivity contribution in [3.63, 3.8) is 0 Å². The number of morpholine rings is 1. The Morgan fingerprint density at radius 2 is 1.88 bits per heavy atom. The third-order valence-electron chi connectivity index (χ3n) is 8.87. The molecule has 1 spiro atoms. The Bertz CT molecular complexity index is 890. The molecule has 1 aromatic carbocycles. The van der Waals surface area contributed by atoms with Gasteiger partial charge in [0.05, 0.1) is 36.3 Å². The van der Waals surface area contributed by atoms with Crippen LogP contribution in [0, 0.1) is 11.3 Å². The monoisotopic (exact) mass is 438 g/mol. The fourth-order valence-corrected chi connectivity index (χ4v) is 6.70. The molecule has 6 nitrogen and oxygen atoms in total. The highest BCUT2D eigenvalue weighted by Gasteiger charge is 2.76. The Balaban J connectivity index is 1.14. The maximum absolute atomic E-state index is 13.5. The molecule has 5 fully saturated rings. The van der Waals surface area contributed by atoms with E-state index in [-0.39, 0.29) is 42.0 Å². The molecule has 0 radical (unpaired) electrons. The van der Waals surface area contributed by atoms with Gasteiger partial charge in [-0.05, 0) is 69.3 Å². The Kier molecular flexibility index (Phi) is 4.88. The first-order valence-electron chi connectivity index (χ1n) is 12.4. The summed E-state index contributed by atoms with van der Waals surface area (Å²) in [5.41, 5.74) is 0.823. The number of likely N-dealkylation sites (tertiary alicyclic amines) is 1. The largest absolute Gasteiger partial charge is 0.376 e. The lowest BCUT2D eigenvalue weighted by Crippen LogP contribution is -2.65. The van der Waals surface area contributed by atoms with Crippen molar-refractivity contribution in [1.29, 1.82) is 0 Å². The van der Waals surface area contributed by atoms with Crippen molar-refractivity contribution >= 4 is 11.8 Å². The minimum Gasteiger partial charge on any atom is -0.376 e. The molecule has 172 valence electrons. The van der Waals surface area contributed by atoms with Crippen LogP contribution < -0.4 is 5.32 Å². The first kappa shape index (κ1) is 20.7. The topological polar surface area (TPSA) is 67.9 Å².